The number of anilines is 4. The summed E-state index contributed by atoms with van der Waals surface area (Å²) >= 11 is 1.09. The number of nitrogens with one attached hydrogen (secondary N) is 2. The van der Waals surface area contributed by atoms with E-state index < -0.39 is 40.9 Å². The number of para-hydroxylation sites is 1. The quantitative estimate of drug-likeness (QED) is 0.189. The van der Waals surface area contributed by atoms with Crippen LogP contribution in [0.15, 0.2) is 72.9 Å². The second-order valence-electron chi connectivity index (χ2n) is 13.5. The molecule has 0 radical (unpaired) electrons. The van der Waals surface area contributed by atoms with Crippen molar-refractivity contribution in [3.8, 4) is 10.6 Å². The maximum absolute atomic E-state index is 15.6. The lowest BCUT2D eigenvalue weighted by atomic mass is 9.73. The molecule has 3 aliphatic heterocycles. The first-order valence-electron chi connectivity index (χ1n) is 17.2. The Morgan fingerprint density at radius 2 is 1.66 bits per heavy atom. The highest BCUT2D eigenvalue weighted by Crippen LogP contribution is 2.43. The fourth-order valence-electron chi connectivity index (χ4n) is 7.16. The normalized spacial score (nSPS) is 15.9. The summed E-state index contributed by atoms with van der Waals surface area (Å²) in [6, 6.07) is 15.7. The zero-order valence-corrected chi connectivity index (χ0v) is 29.4. The molecular formula is C39H33F3N6O4S. The van der Waals surface area contributed by atoms with E-state index in [2.05, 4.69) is 25.5 Å². The molecule has 10 nitrogen and oxygen atoms in total. The van der Waals surface area contributed by atoms with Crippen LogP contribution in [0, 0.1) is 29.8 Å². The molecule has 0 bridgehead atoms. The van der Waals surface area contributed by atoms with Crippen LogP contribution in [-0.4, -0.2) is 60.5 Å². The van der Waals surface area contributed by atoms with E-state index in [9.17, 15) is 23.2 Å². The van der Waals surface area contributed by atoms with Crippen molar-refractivity contribution in [2.45, 2.75) is 26.2 Å². The Balaban J connectivity index is 0.995. The number of aromatic nitrogens is 2. The van der Waals surface area contributed by atoms with Crippen molar-refractivity contribution < 1.29 is 32.3 Å². The van der Waals surface area contributed by atoms with E-state index >= 15 is 4.39 Å². The number of benzene rings is 2. The van der Waals surface area contributed by atoms with E-state index in [1.807, 2.05) is 6.92 Å². The highest BCUT2D eigenvalue weighted by molar-refractivity contribution is 7.17. The molecule has 2 saturated heterocycles. The highest BCUT2D eigenvalue weighted by atomic mass is 32.1. The molecule has 0 atom stereocenters. The van der Waals surface area contributed by atoms with Gasteiger partial charge in [-0.25, -0.2) is 18.2 Å². The maximum atomic E-state index is 15.6. The number of aryl methyl sites for hydroxylation is 1. The molecule has 0 unspecified atom stereocenters. The number of carbonyl (C=O) groups is 3. The van der Waals surface area contributed by atoms with Gasteiger partial charge in [0.2, 0.25) is 0 Å². The number of thiophene rings is 1. The third-order valence-electron chi connectivity index (χ3n) is 10.0. The van der Waals surface area contributed by atoms with Gasteiger partial charge in [0.05, 0.1) is 26.7 Å². The minimum absolute atomic E-state index is 0.0626. The first-order valence-corrected chi connectivity index (χ1v) is 18.0. The molecule has 14 heteroatoms. The molecule has 2 fully saturated rings. The third kappa shape index (κ3) is 6.53. The summed E-state index contributed by atoms with van der Waals surface area (Å²) in [6.45, 7) is 5.03. The molecule has 5 aromatic rings. The second-order valence-corrected chi connectivity index (χ2v) is 14.6. The number of amides is 3. The molecular weight excluding hydrogens is 706 g/mol. The Morgan fingerprint density at radius 1 is 0.887 bits per heavy atom. The van der Waals surface area contributed by atoms with E-state index in [4.69, 9.17) is 4.74 Å². The summed E-state index contributed by atoms with van der Waals surface area (Å²) in [4.78, 5) is 54.1. The average molecular weight is 739 g/mol. The predicted molar refractivity (Wildman–Crippen MR) is 195 cm³/mol. The molecule has 6 heterocycles. The van der Waals surface area contributed by atoms with Crippen molar-refractivity contribution in [2.24, 2.45) is 5.41 Å². The van der Waals surface area contributed by atoms with Gasteiger partial charge in [0.15, 0.2) is 0 Å². The van der Waals surface area contributed by atoms with Crippen LogP contribution in [0.2, 0.25) is 0 Å². The van der Waals surface area contributed by atoms with Gasteiger partial charge in [-0.15, -0.1) is 11.3 Å². The smallest absolute Gasteiger partial charge is 0.265 e. The molecule has 3 aliphatic rings. The summed E-state index contributed by atoms with van der Waals surface area (Å²) in [6.07, 6.45) is 3.80. The first kappa shape index (κ1) is 34.5. The largest absolute Gasteiger partial charge is 0.381 e. The van der Waals surface area contributed by atoms with Gasteiger partial charge in [0.25, 0.3) is 17.7 Å². The average Bonchev–Trinajstić information content (AvgIpc) is 3.51. The maximum Gasteiger partial charge on any atom is 0.265 e. The highest BCUT2D eigenvalue weighted by Gasteiger charge is 2.45. The zero-order valence-electron chi connectivity index (χ0n) is 28.5. The van der Waals surface area contributed by atoms with Gasteiger partial charge in [-0.05, 0) is 92.4 Å². The van der Waals surface area contributed by atoms with Crippen LogP contribution in [0.4, 0.5) is 36.1 Å². The first-order chi connectivity index (χ1) is 25.6. The third-order valence-corrected chi connectivity index (χ3v) is 11.2. The summed E-state index contributed by atoms with van der Waals surface area (Å²) in [5, 5.41) is 4.98. The molecule has 3 aromatic heterocycles. The fourth-order valence-corrected chi connectivity index (χ4v) is 8.27. The van der Waals surface area contributed by atoms with Gasteiger partial charge in [-0.1, -0.05) is 6.07 Å². The topological polar surface area (TPSA) is 117 Å². The number of pyridine rings is 2. The Bertz CT molecular complexity index is 2260. The van der Waals surface area contributed by atoms with Crippen LogP contribution in [0.3, 0.4) is 0 Å². The molecule has 270 valence electrons. The SMILES string of the molecule is Cc1ccc(C(=O)Nc2ccc(C(=O)N3CCc4cc(C(=O)Nc5c(F)cccc5F)sc4-c4ncccc43)cc2F)c(N2CC3(CCOCC3)C2)n1. The van der Waals surface area contributed by atoms with Crippen LogP contribution in [0.25, 0.3) is 10.6 Å². The lowest BCUT2D eigenvalue weighted by Crippen LogP contribution is -2.59. The van der Waals surface area contributed by atoms with Crippen LogP contribution in [0.1, 0.15) is 54.5 Å². The Hall–Kier alpha value is -5.60. The van der Waals surface area contributed by atoms with E-state index in [0.717, 1.165) is 79.9 Å². The number of rotatable bonds is 6. The summed E-state index contributed by atoms with van der Waals surface area (Å²) in [5.41, 5.74) is 2.31. The minimum Gasteiger partial charge on any atom is -0.381 e. The van der Waals surface area contributed by atoms with Crippen molar-refractivity contribution >= 4 is 51.9 Å². The number of fused-ring (bicyclic) bond motifs is 3. The Kier molecular flexibility index (Phi) is 8.95. The Morgan fingerprint density at radius 3 is 2.42 bits per heavy atom. The number of nitrogens with zero attached hydrogens (tertiary/aromatic N) is 4. The lowest BCUT2D eigenvalue weighted by molar-refractivity contribution is -0.000519. The predicted octanol–water partition coefficient (Wildman–Crippen LogP) is 7.26. The number of ether oxygens (including phenoxy) is 1. The standard InChI is InChI=1S/C39H33F3N6O4S/c1-22-7-9-25(35(44-22)47-20-39(21-47)12-16-52-17-13-39)36(49)45-29-10-8-24(18-28(29)42)38(51)48-15-11-23-19-31(53-34(23)33-30(48)6-3-14-43-33)37(50)46-32-26(40)4-2-5-27(32)41/h2-10,14,18-19H,11-13,15-17,20-21H2,1H3,(H,45,49)(H,46,50). The van der Waals surface area contributed by atoms with Gasteiger partial charge < -0.3 is 25.2 Å². The molecule has 0 aliphatic carbocycles. The second kappa shape index (κ2) is 13.7. The van der Waals surface area contributed by atoms with Crippen molar-refractivity contribution in [3.63, 3.8) is 0 Å². The van der Waals surface area contributed by atoms with Crippen molar-refractivity contribution in [3.05, 3.63) is 118 Å². The minimum atomic E-state index is -0.895. The zero-order chi connectivity index (χ0) is 36.9. The van der Waals surface area contributed by atoms with E-state index in [1.54, 1.807) is 36.5 Å². The number of carbonyl (C=O) groups excluding carboxylic acids is 3. The Labute approximate surface area is 306 Å². The van der Waals surface area contributed by atoms with Gasteiger partial charge >= 0.3 is 0 Å². The monoisotopic (exact) mass is 738 g/mol. The molecule has 0 saturated carbocycles. The van der Waals surface area contributed by atoms with Gasteiger partial charge in [-0.2, -0.15) is 0 Å². The van der Waals surface area contributed by atoms with Gasteiger partial charge in [0, 0.05) is 55.7 Å². The van der Waals surface area contributed by atoms with Crippen LogP contribution in [0.5, 0.6) is 0 Å². The van der Waals surface area contributed by atoms with Crippen molar-refractivity contribution in [1.82, 2.24) is 9.97 Å². The molecule has 3 amide bonds. The summed E-state index contributed by atoms with van der Waals surface area (Å²) < 4.78 is 49.6. The van der Waals surface area contributed by atoms with E-state index in [0.29, 0.717) is 34.1 Å². The lowest BCUT2D eigenvalue weighted by Gasteiger charge is -2.53. The molecule has 53 heavy (non-hydrogen) atoms. The molecule has 1 spiro atoms. The van der Waals surface area contributed by atoms with Crippen molar-refractivity contribution in [1.29, 1.82) is 0 Å². The van der Waals surface area contributed by atoms with E-state index in [-0.39, 0.29) is 28.1 Å². The number of hydrogen-bond acceptors (Lipinski definition) is 8. The van der Waals surface area contributed by atoms with Gasteiger partial charge in [-0.3, -0.25) is 19.4 Å². The van der Waals surface area contributed by atoms with Crippen molar-refractivity contribution in [2.75, 3.05) is 53.3 Å². The fraction of sp³-hybridized carbons (Fsp3) is 0.256. The molecule has 8 rings (SSSR count). The number of halogens is 3. The number of hydrogen-bond donors (Lipinski definition) is 2. The van der Waals surface area contributed by atoms with E-state index in [1.165, 1.54) is 23.1 Å². The van der Waals surface area contributed by atoms with Crippen LogP contribution < -0.4 is 20.4 Å². The van der Waals surface area contributed by atoms with Gasteiger partial charge in [0.1, 0.15) is 34.7 Å². The van der Waals surface area contributed by atoms with Crippen LogP contribution in [-0.2, 0) is 11.2 Å². The molecule has 2 aromatic carbocycles. The molecule has 2 N–H and O–H groups in total. The summed E-state index contributed by atoms with van der Waals surface area (Å²) in [7, 11) is 0. The van der Waals surface area contributed by atoms with Crippen LogP contribution >= 0.6 is 11.3 Å². The summed E-state index contributed by atoms with van der Waals surface area (Å²) in [5.74, 6) is -3.69.